The zero-order valence-corrected chi connectivity index (χ0v) is 15.2. The SMILES string of the molecule is O=C1[C@@H]2[C@@H](C(=O)N1c1ccn(Cc3cccc4ccccc34)n1)[C@H]1CC[C@H]2O1. The van der Waals surface area contributed by atoms with Crippen LogP contribution in [-0.4, -0.2) is 33.8 Å². The zero-order chi connectivity index (χ0) is 18.8. The van der Waals surface area contributed by atoms with Crippen molar-refractivity contribution < 1.29 is 14.3 Å². The summed E-state index contributed by atoms with van der Waals surface area (Å²) in [5.74, 6) is -0.539. The fourth-order valence-corrected chi connectivity index (χ4v) is 5.10. The Morgan fingerprint density at radius 1 is 0.929 bits per heavy atom. The molecule has 0 spiro atoms. The van der Waals surface area contributed by atoms with Crippen LogP contribution in [-0.2, 0) is 20.9 Å². The first-order valence-electron chi connectivity index (χ1n) is 9.74. The maximum atomic E-state index is 12.9. The van der Waals surface area contributed by atoms with Gasteiger partial charge in [-0.3, -0.25) is 14.3 Å². The van der Waals surface area contributed by atoms with Crippen molar-refractivity contribution in [2.75, 3.05) is 4.90 Å². The average Bonchev–Trinajstić information content (AvgIpc) is 3.47. The van der Waals surface area contributed by atoms with Crippen molar-refractivity contribution in [3.05, 3.63) is 60.3 Å². The smallest absolute Gasteiger partial charge is 0.241 e. The van der Waals surface area contributed by atoms with Crippen LogP contribution in [0.3, 0.4) is 0 Å². The molecule has 3 fully saturated rings. The molecule has 28 heavy (non-hydrogen) atoms. The highest BCUT2D eigenvalue weighted by Gasteiger charge is 2.63. The zero-order valence-electron chi connectivity index (χ0n) is 15.2. The van der Waals surface area contributed by atoms with E-state index in [9.17, 15) is 9.59 Å². The summed E-state index contributed by atoms with van der Waals surface area (Å²) in [6, 6.07) is 16.2. The molecule has 0 aliphatic carbocycles. The van der Waals surface area contributed by atoms with Crippen LogP contribution >= 0.6 is 0 Å². The van der Waals surface area contributed by atoms with Gasteiger partial charge in [0.05, 0.1) is 30.6 Å². The molecule has 4 heterocycles. The molecule has 3 saturated heterocycles. The number of hydrogen-bond acceptors (Lipinski definition) is 4. The second-order valence-corrected chi connectivity index (χ2v) is 7.86. The Morgan fingerprint density at radius 2 is 1.64 bits per heavy atom. The third kappa shape index (κ3) is 2.15. The molecule has 2 amide bonds. The van der Waals surface area contributed by atoms with Gasteiger partial charge in [0, 0.05) is 12.3 Å². The molecule has 2 bridgehead atoms. The van der Waals surface area contributed by atoms with Crippen LogP contribution in [0, 0.1) is 11.8 Å². The van der Waals surface area contributed by atoms with Gasteiger partial charge >= 0.3 is 0 Å². The molecule has 140 valence electrons. The Labute approximate surface area is 161 Å². The summed E-state index contributed by atoms with van der Waals surface area (Å²) < 4.78 is 7.58. The summed E-state index contributed by atoms with van der Waals surface area (Å²) in [5.41, 5.74) is 1.15. The predicted molar refractivity (Wildman–Crippen MR) is 103 cm³/mol. The first-order chi connectivity index (χ1) is 13.7. The number of imide groups is 1. The molecular formula is C22H19N3O3. The van der Waals surface area contributed by atoms with Crippen molar-refractivity contribution in [3.63, 3.8) is 0 Å². The van der Waals surface area contributed by atoms with E-state index in [0.29, 0.717) is 12.4 Å². The van der Waals surface area contributed by atoms with Gasteiger partial charge < -0.3 is 4.74 Å². The molecule has 2 aromatic carbocycles. The average molecular weight is 373 g/mol. The lowest BCUT2D eigenvalue weighted by molar-refractivity contribution is -0.124. The maximum Gasteiger partial charge on any atom is 0.241 e. The van der Waals surface area contributed by atoms with Crippen LogP contribution in [0.1, 0.15) is 18.4 Å². The van der Waals surface area contributed by atoms with Crippen molar-refractivity contribution in [1.29, 1.82) is 0 Å². The van der Waals surface area contributed by atoms with E-state index in [2.05, 4.69) is 29.4 Å². The van der Waals surface area contributed by atoms with E-state index in [0.717, 1.165) is 18.4 Å². The molecule has 6 rings (SSSR count). The van der Waals surface area contributed by atoms with Crippen LogP contribution in [0.4, 0.5) is 5.82 Å². The molecule has 4 atom stereocenters. The Hall–Kier alpha value is -2.99. The van der Waals surface area contributed by atoms with Crippen LogP contribution < -0.4 is 4.90 Å². The monoisotopic (exact) mass is 373 g/mol. The number of carbonyl (C=O) groups is 2. The molecule has 3 aromatic rings. The van der Waals surface area contributed by atoms with E-state index in [1.54, 1.807) is 10.7 Å². The molecule has 6 nitrogen and oxygen atoms in total. The summed E-state index contributed by atoms with van der Waals surface area (Å²) in [5, 5.41) is 6.91. The minimum absolute atomic E-state index is 0.103. The van der Waals surface area contributed by atoms with Crippen molar-refractivity contribution in [1.82, 2.24) is 9.78 Å². The summed E-state index contributed by atoms with van der Waals surface area (Å²) in [6.45, 7) is 0.582. The number of anilines is 1. The van der Waals surface area contributed by atoms with Crippen molar-refractivity contribution >= 4 is 28.4 Å². The van der Waals surface area contributed by atoms with E-state index < -0.39 is 0 Å². The van der Waals surface area contributed by atoms with Crippen molar-refractivity contribution in [2.24, 2.45) is 11.8 Å². The van der Waals surface area contributed by atoms with Gasteiger partial charge in [-0.25, -0.2) is 4.90 Å². The fraction of sp³-hybridized carbons (Fsp3) is 0.318. The number of amides is 2. The van der Waals surface area contributed by atoms with Gasteiger partial charge in [0.25, 0.3) is 0 Å². The molecule has 6 heteroatoms. The number of aromatic nitrogens is 2. The highest BCUT2D eigenvalue weighted by molar-refractivity contribution is 6.22. The Balaban J connectivity index is 1.30. The standard InChI is InChI=1S/C22H19N3O3/c26-21-19-16-8-9-17(28-16)20(19)22(27)25(21)18-10-11-24(23-18)12-14-6-3-5-13-4-1-2-7-15(13)14/h1-7,10-11,16-17,19-20H,8-9,12H2/t16-,17-,19+,20+/m1/s1. The minimum atomic E-state index is -0.325. The van der Waals surface area contributed by atoms with E-state index in [1.165, 1.54) is 15.7 Å². The largest absolute Gasteiger partial charge is 0.373 e. The molecule has 1 aromatic heterocycles. The van der Waals surface area contributed by atoms with Gasteiger partial charge in [0.2, 0.25) is 11.8 Å². The van der Waals surface area contributed by atoms with E-state index in [1.807, 2.05) is 24.4 Å². The highest BCUT2D eigenvalue weighted by atomic mass is 16.5. The van der Waals surface area contributed by atoms with Gasteiger partial charge in [-0.05, 0) is 29.2 Å². The quantitative estimate of drug-likeness (QED) is 0.662. The minimum Gasteiger partial charge on any atom is -0.373 e. The number of benzene rings is 2. The first kappa shape index (κ1) is 16.0. The van der Waals surface area contributed by atoms with Crippen LogP contribution in [0.2, 0.25) is 0 Å². The second-order valence-electron chi connectivity index (χ2n) is 7.86. The Kier molecular flexibility index (Phi) is 3.29. The molecule has 0 saturated carbocycles. The first-order valence-corrected chi connectivity index (χ1v) is 9.74. The highest BCUT2D eigenvalue weighted by Crippen LogP contribution is 2.49. The number of nitrogens with zero attached hydrogens (tertiary/aromatic N) is 3. The van der Waals surface area contributed by atoms with Crippen molar-refractivity contribution in [2.45, 2.75) is 31.6 Å². The Morgan fingerprint density at radius 3 is 2.43 bits per heavy atom. The summed E-state index contributed by atoms with van der Waals surface area (Å²) in [4.78, 5) is 27.1. The van der Waals surface area contributed by atoms with E-state index in [4.69, 9.17) is 4.74 Å². The number of rotatable bonds is 3. The van der Waals surface area contributed by atoms with Gasteiger partial charge in [-0.2, -0.15) is 5.10 Å². The lowest BCUT2D eigenvalue weighted by Crippen LogP contribution is -2.34. The Bertz CT molecular complexity index is 1090. The molecule has 3 aliphatic rings. The van der Waals surface area contributed by atoms with E-state index >= 15 is 0 Å². The fourth-order valence-electron chi connectivity index (χ4n) is 5.10. The number of ether oxygens (including phenoxy) is 1. The van der Waals surface area contributed by atoms with Gasteiger partial charge in [0.1, 0.15) is 0 Å². The van der Waals surface area contributed by atoms with Crippen LogP contribution in [0.5, 0.6) is 0 Å². The number of hydrogen-bond donors (Lipinski definition) is 0. The summed E-state index contributed by atoms with van der Waals surface area (Å²) >= 11 is 0. The number of fused-ring (bicyclic) bond motifs is 6. The lowest BCUT2D eigenvalue weighted by atomic mass is 9.81. The summed E-state index contributed by atoms with van der Waals surface area (Å²) in [6.07, 6.45) is 3.36. The normalized spacial score (nSPS) is 28.5. The third-order valence-corrected chi connectivity index (χ3v) is 6.35. The summed E-state index contributed by atoms with van der Waals surface area (Å²) in [7, 11) is 0. The van der Waals surface area contributed by atoms with Gasteiger partial charge in [-0.15, -0.1) is 0 Å². The topological polar surface area (TPSA) is 64.4 Å². The van der Waals surface area contributed by atoms with Crippen LogP contribution in [0.25, 0.3) is 10.8 Å². The molecular weight excluding hydrogens is 354 g/mol. The van der Waals surface area contributed by atoms with E-state index in [-0.39, 0.29) is 35.9 Å². The molecule has 3 aliphatic heterocycles. The van der Waals surface area contributed by atoms with Gasteiger partial charge in [0.15, 0.2) is 5.82 Å². The van der Waals surface area contributed by atoms with Gasteiger partial charge in [-0.1, -0.05) is 42.5 Å². The molecule has 0 N–H and O–H groups in total. The molecule has 0 unspecified atom stereocenters. The maximum absolute atomic E-state index is 12.9. The van der Waals surface area contributed by atoms with Crippen molar-refractivity contribution in [3.8, 4) is 0 Å². The van der Waals surface area contributed by atoms with Crippen LogP contribution in [0.15, 0.2) is 54.7 Å². The second kappa shape index (κ2) is 5.75. The predicted octanol–water partition coefficient (Wildman–Crippen LogP) is 2.75. The molecule has 0 radical (unpaired) electrons. The third-order valence-electron chi connectivity index (χ3n) is 6.35. The lowest BCUT2D eigenvalue weighted by Gasteiger charge is -2.15. The number of carbonyl (C=O) groups excluding carboxylic acids is 2.